The van der Waals surface area contributed by atoms with Gasteiger partial charge in [-0.1, -0.05) is 32.4 Å². The van der Waals surface area contributed by atoms with Crippen molar-refractivity contribution in [3.05, 3.63) is 61.9 Å². The van der Waals surface area contributed by atoms with Crippen LogP contribution in [0.1, 0.15) is 65.7 Å². The Hall–Kier alpha value is -2.28. The van der Waals surface area contributed by atoms with Crippen molar-refractivity contribution < 1.29 is 14.3 Å². The van der Waals surface area contributed by atoms with Crippen molar-refractivity contribution in [2.75, 3.05) is 0 Å². The quantitative estimate of drug-likeness (QED) is 0.251. The molecule has 1 aromatic carbocycles. The van der Waals surface area contributed by atoms with E-state index in [2.05, 4.69) is 31.8 Å². The molecule has 0 N–H and O–H groups in total. The number of ether oxygens (including phenoxy) is 1. The van der Waals surface area contributed by atoms with E-state index in [0.29, 0.717) is 30.0 Å². The first-order chi connectivity index (χ1) is 15.6. The predicted octanol–water partition coefficient (Wildman–Crippen LogP) is 7.39. The number of rotatable bonds is 7. The first-order valence-electron chi connectivity index (χ1n) is 10.9. The zero-order chi connectivity index (χ0) is 23.8. The summed E-state index contributed by atoms with van der Waals surface area (Å²) in [4.78, 5) is 31.2. The highest BCUT2D eigenvalue weighted by molar-refractivity contribution is 7.17. The summed E-state index contributed by atoms with van der Waals surface area (Å²) in [5, 5.41) is 1.62. The molecule has 0 spiro atoms. The lowest BCUT2D eigenvalue weighted by Crippen LogP contribution is -2.14. The van der Waals surface area contributed by atoms with Crippen LogP contribution in [0.5, 0.6) is 5.75 Å². The number of fused-ring (bicyclic) bond motifs is 1. The standard InChI is InChI=1S/C26H26ClNO3S2/c1-15(29)22-9-10-23(33-22)16-11-17-12-19(31-24(17)21(27)13-16)7-5-18(30)6-8-20-14-28-25(32-20)26(2,3)4/h6,8-11,13-14,19H,5,7,12H2,1-4H3/b8-6+. The van der Waals surface area contributed by atoms with E-state index in [1.165, 1.54) is 11.3 Å². The molecule has 0 amide bonds. The summed E-state index contributed by atoms with van der Waals surface area (Å²) in [5.74, 6) is 0.837. The molecule has 0 saturated heterocycles. The molecular weight excluding hydrogens is 474 g/mol. The Morgan fingerprint density at radius 2 is 2.03 bits per heavy atom. The van der Waals surface area contributed by atoms with Gasteiger partial charge in [0.05, 0.1) is 14.9 Å². The SMILES string of the molecule is CC(=O)c1ccc(-c2cc(Cl)c3c(c2)CC(CCC(=O)/C=C/c2cnc(C(C)(C)C)s2)O3)s1. The molecule has 0 bridgehead atoms. The first-order valence-corrected chi connectivity index (χ1v) is 12.9. The third kappa shape index (κ3) is 5.62. The molecule has 7 heteroatoms. The zero-order valence-electron chi connectivity index (χ0n) is 19.1. The highest BCUT2D eigenvalue weighted by Gasteiger charge is 2.26. The van der Waals surface area contributed by atoms with Gasteiger partial charge < -0.3 is 4.74 Å². The molecule has 1 atom stereocenters. The van der Waals surface area contributed by atoms with Gasteiger partial charge in [0, 0.05) is 39.8 Å². The Kier molecular flexibility index (Phi) is 6.89. The van der Waals surface area contributed by atoms with Gasteiger partial charge in [-0.15, -0.1) is 22.7 Å². The molecule has 0 aliphatic carbocycles. The molecule has 1 unspecified atom stereocenters. The maximum absolute atomic E-state index is 12.4. The van der Waals surface area contributed by atoms with Crippen molar-refractivity contribution >= 4 is 51.9 Å². The third-order valence-corrected chi connectivity index (χ3v) is 8.31. The van der Waals surface area contributed by atoms with Crippen LogP contribution < -0.4 is 4.74 Å². The Balaban J connectivity index is 1.36. The largest absolute Gasteiger partial charge is 0.488 e. The molecule has 172 valence electrons. The summed E-state index contributed by atoms with van der Waals surface area (Å²) in [7, 11) is 0. The van der Waals surface area contributed by atoms with E-state index < -0.39 is 0 Å². The van der Waals surface area contributed by atoms with Crippen molar-refractivity contribution in [1.82, 2.24) is 4.98 Å². The maximum atomic E-state index is 12.4. The maximum Gasteiger partial charge on any atom is 0.169 e. The summed E-state index contributed by atoms with van der Waals surface area (Å²) in [6.07, 6.45) is 6.99. The van der Waals surface area contributed by atoms with E-state index in [1.54, 1.807) is 24.3 Å². The molecule has 1 aliphatic heterocycles. The van der Waals surface area contributed by atoms with Crippen molar-refractivity contribution in [2.45, 2.75) is 58.5 Å². The zero-order valence-corrected chi connectivity index (χ0v) is 21.5. The van der Waals surface area contributed by atoms with Crippen molar-refractivity contribution in [1.29, 1.82) is 0 Å². The molecule has 0 radical (unpaired) electrons. The summed E-state index contributed by atoms with van der Waals surface area (Å²) in [5.41, 5.74) is 2.04. The molecule has 2 aromatic heterocycles. The van der Waals surface area contributed by atoms with E-state index in [1.807, 2.05) is 30.5 Å². The van der Waals surface area contributed by atoms with Crippen LogP contribution in [0.2, 0.25) is 5.02 Å². The lowest BCUT2D eigenvalue weighted by atomic mass is 9.98. The number of benzene rings is 1. The van der Waals surface area contributed by atoms with Gasteiger partial charge >= 0.3 is 0 Å². The van der Waals surface area contributed by atoms with Gasteiger partial charge in [0.2, 0.25) is 0 Å². The topological polar surface area (TPSA) is 56.3 Å². The average molecular weight is 500 g/mol. The van der Waals surface area contributed by atoms with Crippen LogP contribution in [0, 0.1) is 0 Å². The molecule has 4 rings (SSSR count). The summed E-state index contributed by atoms with van der Waals surface area (Å²) >= 11 is 9.58. The van der Waals surface area contributed by atoms with Gasteiger partial charge in [-0.25, -0.2) is 4.98 Å². The normalized spacial score (nSPS) is 15.6. The minimum atomic E-state index is -0.0721. The predicted molar refractivity (Wildman–Crippen MR) is 137 cm³/mol. The summed E-state index contributed by atoms with van der Waals surface area (Å²) < 4.78 is 6.06. The van der Waals surface area contributed by atoms with Crippen LogP contribution in [0.4, 0.5) is 0 Å². The molecule has 4 nitrogen and oxygen atoms in total. The lowest BCUT2D eigenvalue weighted by molar-refractivity contribution is -0.114. The number of Topliss-reactive ketones (excluding diaryl/α,β-unsaturated/α-hetero) is 1. The van der Waals surface area contributed by atoms with Gasteiger partial charge in [0.25, 0.3) is 0 Å². The van der Waals surface area contributed by atoms with Crippen LogP contribution in [-0.2, 0) is 16.6 Å². The van der Waals surface area contributed by atoms with Crippen LogP contribution >= 0.6 is 34.3 Å². The van der Waals surface area contributed by atoms with Gasteiger partial charge in [0.15, 0.2) is 11.6 Å². The molecular formula is C26H26ClNO3S2. The molecule has 0 saturated carbocycles. The molecule has 3 heterocycles. The first kappa shape index (κ1) is 23.9. The second-order valence-electron chi connectivity index (χ2n) is 9.27. The minimum Gasteiger partial charge on any atom is -0.488 e. The number of nitrogens with zero attached hydrogens (tertiary/aromatic N) is 1. The summed E-state index contributed by atoms with van der Waals surface area (Å²) in [6, 6.07) is 7.76. The minimum absolute atomic E-state index is 0.00986. The molecule has 3 aromatic rings. The highest BCUT2D eigenvalue weighted by Crippen LogP contribution is 2.41. The van der Waals surface area contributed by atoms with Crippen LogP contribution in [-0.4, -0.2) is 22.7 Å². The number of allylic oxidation sites excluding steroid dienone is 1. The Morgan fingerprint density at radius 1 is 1.24 bits per heavy atom. The van der Waals surface area contributed by atoms with Gasteiger partial charge in [0.1, 0.15) is 11.9 Å². The Bertz CT molecular complexity index is 1230. The number of aromatic nitrogens is 1. The van der Waals surface area contributed by atoms with E-state index in [4.69, 9.17) is 16.3 Å². The Labute approximate surface area is 207 Å². The van der Waals surface area contributed by atoms with Gasteiger partial charge in [-0.05, 0) is 55.3 Å². The monoisotopic (exact) mass is 499 g/mol. The van der Waals surface area contributed by atoms with E-state index >= 15 is 0 Å². The van der Waals surface area contributed by atoms with E-state index in [9.17, 15) is 9.59 Å². The van der Waals surface area contributed by atoms with Gasteiger partial charge in [-0.3, -0.25) is 9.59 Å². The number of thiophene rings is 1. The fourth-order valence-corrected chi connectivity index (χ4v) is 5.69. The molecule has 33 heavy (non-hydrogen) atoms. The number of hydrogen-bond acceptors (Lipinski definition) is 6. The van der Waals surface area contributed by atoms with Crippen LogP contribution in [0.3, 0.4) is 0 Å². The van der Waals surface area contributed by atoms with E-state index in [-0.39, 0.29) is 23.1 Å². The Morgan fingerprint density at radius 3 is 2.70 bits per heavy atom. The fourth-order valence-electron chi connectivity index (χ4n) is 3.65. The highest BCUT2D eigenvalue weighted by atomic mass is 35.5. The number of ketones is 2. The third-order valence-electron chi connectivity index (χ3n) is 5.40. The van der Waals surface area contributed by atoms with Gasteiger partial charge in [-0.2, -0.15) is 0 Å². The smallest absolute Gasteiger partial charge is 0.169 e. The number of carbonyl (C=O) groups excluding carboxylic acids is 2. The number of carbonyl (C=O) groups is 2. The second kappa shape index (κ2) is 9.53. The number of halogens is 1. The number of thiazole rings is 1. The van der Waals surface area contributed by atoms with Crippen molar-refractivity contribution in [3.63, 3.8) is 0 Å². The fraction of sp³-hybridized carbons (Fsp3) is 0.346. The van der Waals surface area contributed by atoms with Crippen molar-refractivity contribution in [2.24, 2.45) is 0 Å². The molecule has 0 fully saturated rings. The van der Waals surface area contributed by atoms with Crippen LogP contribution in [0.25, 0.3) is 16.5 Å². The van der Waals surface area contributed by atoms with Crippen molar-refractivity contribution in [3.8, 4) is 16.2 Å². The average Bonchev–Trinajstić information content (AvgIpc) is 3.49. The van der Waals surface area contributed by atoms with Crippen LogP contribution in [0.15, 0.2) is 36.5 Å². The number of hydrogen-bond donors (Lipinski definition) is 0. The van der Waals surface area contributed by atoms with E-state index in [0.717, 1.165) is 30.8 Å². The lowest BCUT2D eigenvalue weighted by Gasteiger charge is -2.13. The molecule has 1 aliphatic rings. The summed E-state index contributed by atoms with van der Waals surface area (Å²) in [6.45, 7) is 7.95. The second-order valence-corrected chi connectivity index (χ2v) is 11.8.